The SMILES string of the molecule is CCOC(=O)COC(=O)Nc1ccc(C(=O)OC)cc1. The van der Waals surface area contributed by atoms with Gasteiger partial charge in [-0.3, -0.25) is 5.32 Å². The first-order valence-electron chi connectivity index (χ1n) is 5.84. The van der Waals surface area contributed by atoms with Crippen LogP contribution >= 0.6 is 0 Å². The van der Waals surface area contributed by atoms with Gasteiger partial charge in [0.15, 0.2) is 6.61 Å². The molecule has 0 spiro atoms. The quantitative estimate of drug-likeness (QED) is 0.651. The largest absolute Gasteiger partial charge is 0.465 e. The van der Waals surface area contributed by atoms with E-state index in [0.29, 0.717) is 11.3 Å². The zero-order valence-corrected chi connectivity index (χ0v) is 11.2. The zero-order valence-electron chi connectivity index (χ0n) is 11.2. The van der Waals surface area contributed by atoms with Crippen molar-refractivity contribution in [1.82, 2.24) is 0 Å². The molecule has 0 unspecified atom stereocenters. The van der Waals surface area contributed by atoms with E-state index in [9.17, 15) is 14.4 Å². The van der Waals surface area contributed by atoms with Crippen LogP contribution in [0.2, 0.25) is 0 Å². The minimum absolute atomic E-state index is 0.221. The Hall–Kier alpha value is -2.57. The van der Waals surface area contributed by atoms with Crippen LogP contribution in [0.15, 0.2) is 24.3 Å². The summed E-state index contributed by atoms with van der Waals surface area (Å²) in [5, 5.41) is 2.40. The van der Waals surface area contributed by atoms with Crippen LogP contribution in [-0.2, 0) is 19.0 Å². The van der Waals surface area contributed by atoms with Crippen molar-refractivity contribution in [3.8, 4) is 0 Å². The lowest BCUT2D eigenvalue weighted by atomic mass is 10.2. The topological polar surface area (TPSA) is 90.9 Å². The lowest BCUT2D eigenvalue weighted by Gasteiger charge is -2.07. The van der Waals surface area contributed by atoms with E-state index in [2.05, 4.69) is 19.5 Å². The fourth-order valence-electron chi connectivity index (χ4n) is 1.29. The number of hydrogen-bond acceptors (Lipinski definition) is 6. The maximum Gasteiger partial charge on any atom is 0.412 e. The summed E-state index contributed by atoms with van der Waals surface area (Å²) in [4.78, 5) is 33.5. The number of anilines is 1. The first-order chi connectivity index (χ1) is 9.56. The number of rotatable bonds is 5. The number of ether oxygens (including phenoxy) is 3. The number of hydrogen-bond donors (Lipinski definition) is 1. The molecule has 0 aromatic heterocycles. The fraction of sp³-hybridized carbons (Fsp3) is 0.308. The molecular weight excluding hydrogens is 266 g/mol. The summed E-state index contributed by atoms with van der Waals surface area (Å²) in [5.41, 5.74) is 0.782. The van der Waals surface area contributed by atoms with Crippen molar-refractivity contribution in [2.75, 3.05) is 25.6 Å². The third-order valence-electron chi connectivity index (χ3n) is 2.18. The van der Waals surface area contributed by atoms with Gasteiger partial charge in [-0.05, 0) is 31.2 Å². The smallest absolute Gasteiger partial charge is 0.412 e. The van der Waals surface area contributed by atoms with Gasteiger partial charge in [-0.1, -0.05) is 0 Å². The first-order valence-corrected chi connectivity index (χ1v) is 5.84. The second-order valence-electron chi connectivity index (χ2n) is 3.58. The molecule has 108 valence electrons. The molecule has 1 amide bonds. The molecule has 0 saturated heterocycles. The van der Waals surface area contributed by atoms with Gasteiger partial charge in [-0.2, -0.15) is 0 Å². The Bertz CT molecular complexity index is 482. The van der Waals surface area contributed by atoms with Crippen LogP contribution in [0.5, 0.6) is 0 Å². The Balaban J connectivity index is 2.46. The fourth-order valence-corrected chi connectivity index (χ4v) is 1.29. The lowest BCUT2D eigenvalue weighted by Crippen LogP contribution is -2.20. The van der Waals surface area contributed by atoms with Crippen LogP contribution in [-0.4, -0.2) is 38.4 Å². The maximum absolute atomic E-state index is 11.4. The molecule has 0 fully saturated rings. The number of amides is 1. The molecule has 7 nitrogen and oxygen atoms in total. The molecule has 20 heavy (non-hydrogen) atoms. The monoisotopic (exact) mass is 281 g/mol. The number of benzene rings is 1. The average Bonchev–Trinajstić information content (AvgIpc) is 2.45. The van der Waals surface area contributed by atoms with Crippen molar-refractivity contribution in [2.45, 2.75) is 6.92 Å². The number of carbonyl (C=O) groups excluding carboxylic acids is 3. The van der Waals surface area contributed by atoms with E-state index in [0.717, 1.165) is 0 Å². The van der Waals surface area contributed by atoms with Gasteiger partial charge in [0.1, 0.15) is 0 Å². The van der Waals surface area contributed by atoms with Crippen LogP contribution in [0.25, 0.3) is 0 Å². The van der Waals surface area contributed by atoms with Gasteiger partial charge in [0, 0.05) is 5.69 Å². The van der Waals surface area contributed by atoms with Crippen molar-refractivity contribution < 1.29 is 28.6 Å². The summed E-state index contributed by atoms with van der Waals surface area (Å²) in [6, 6.07) is 6.01. The normalized spacial score (nSPS) is 9.50. The van der Waals surface area contributed by atoms with Gasteiger partial charge in [-0.15, -0.1) is 0 Å². The van der Waals surface area contributed by atoms with E-state index in [1.54, 1.807) is 6.92 Å². The molecule has 1 rings (SSSR count). The Labute approximate surface area is 115 Å². The van der Waals surface area contributed by atoms with Crippen molar-refractivity contribution >= 4 is 23.7 Å². The van der Waals surface area contributed by atoms with E-state index in [1.807, 2.05) is 0 Å². The molecule has 0 bridgehead atoms. The lowest BCUT2D eigenvalue weighted by molar-refractivity contribution is -0.146. The van der Waals surface area contributed by atoms with Crippen molar-refractivity contribution in [1.29, 1.82) is 0 Å². The summed E-state index contributed by atoms with van der Waals surface area (Å²) in [6.07, 6.45) is -0.788. The van der Waals surface area contributed by atoms with E-state index in [4.69, 9.17) is 0 Å². The Morgan fingerprint density at radius 1 is 1.10 bits per heavy atom. The van der Waals surface area contributed by atoms with Crippen LogP contribution < -0.4 is 5.32 Å². The Kier molecular flexibility index (Phi) is 6.02. The molecule has 0 atom stereocenters. The molecule has 0 aliphatic heterocycles. The molecule has 0 aliphatic rings. The summed E-state index contributed by atoms with van der Waals surface area (Å²) in [6.45, 7) is 1.42. The number of esters is 2. The minimum Gasteiger partial charge on any atom is -0.465 e. The molecule has 0 saturated carbocycles. The van der Waals surface area contributed by atoms with Gasteiger partial charge in [0.25, 0.3) is 0 Å². The van der Waals surface area contributed by atoms with Crippen molar-refractivity contribution in [3.05, 3.63) is 29.8 Å². The minimum atomic E-state index is -0.788. The van der Waals surface area contributed by atoms with Crippen molar-refractivity contribution in [2.24, 2.45) is 0 Å². The highest BCUT2D eigenvalue weighted by atomic mass is 16.6. The van der Waals surface area contributed by atoms with E-state index in [-0.39, 0.29) is 6.61 Å². The second kappa shape index (κ2) is 7.78. The number of nitrogens with one attached hydrogen (secondary N) is 1. The second-order valence-corrected chi connectivity index (χ2v) is 3.58. The highest BCUT2D eigenvalue weighted by molar-refractivity contribution is 5.91. The van der Waals surface area contributed by atoms with Crippen molar-refractivity contribution in [3.63, 3.8) is 0 Å². The van der Waals surface area contributed by atoms with E-state index < -0.39 is 24.6 Å². The van der Waals surface area contributed by atoms with Crippen LogP contribution in [0.4, 0.5) is 10.5 Å². The van der Waals surface area contributed by atoms with E-state index in [1.165, 1.54) is 31.4 Å². The molecule has 0 heterocycles. The number of methoxy groups -OCH3 is 1. The van der Waals surface area contributed by atoms with Crippen LogP contribution in [0, 0.1) is 0 Å². The molecule has 0 aliphatic carbocycles. The van der Waals surface area contributed by atoms with Crippen LogP contribution in [0.3, 0.4) is 0 Å². The molecule has 0 radical (unpaired) electrons. The van der Waals surface area contributed by atoms with Gasteiger partial charge in [-0.25, -0.2) is 14.4 Å². The van der Waals surface area contributed by atoms with Crippen LogP contribution in [0.1, 0.15) is 17.3 Å². The maximum atomic E-state index is 11.4. The molecule has 7 heteroatoms. The molecular formula is C13H15NO6. The Morgan fingerprint density at radius 3 is 2.30 bits per heavy atom. The predicted octanol–water partition coefficient (Wildman–Crippen LogP) is 1.58. The summed E-state index contributed by atoms with van der Waals surface area (Å²) in [5.74, 6) is -1.09. The predicted molar refractivity (Wildman–Crippen MR) is 69.4 cm³/mol. The third kappa shape index (κ3) is 4.97. The molecule has 1 aromatic rings. The highest BCUT2D eigenvalue weighted by Crippen LogP contribution is 2.10. The van der Waals surface area contributed by atoms with E-state index >= 15 is 0 Å². The summed E-state index contributed by atoms with van der Waals surface area (Å²) in [7, 11) is 1.28. The number of carbonyl (C=O) groups is 3. The average molecular weight is 281 g/mol. The summed E-state index contributed by atoms with van der Waals surface area (Å²) >= 11 is 0. The third-order valence-corrected chi connectivity index (χ3v) is 2.18. The zero-order chi connectivity index (χ0) is 15.0. The van der Waals surface area contributed by atoms with Gasteiger partial charge in [0.05, 0.1) is 19.3 Å². The van der Waals surface area contributed by atoms with Gasteiger partial charge < -0.3 is 14.2 Å². The standard InChI is InChI=1S/C13H15NO6/c1-3-19-11(15)8-20-13(17)14-10-6-4-9(5-7-10)12(16)18-2/h4-7H,3,8H2,1-2H3,(H,14,17). The Morgan fingerprint density at radius 2 is 1.75 bits per heavy atom. The van der Waals surface area contributed by atoms with Gasteiger partial charge >= 0.3 is 18.0 Å². The molecule has 1 aromatic carbocycles. The van der Waals surface area contributed by atoms with Gasteiger partial charge in [0.2, 0.25) is 0 Å². The molecule has 1 N–H and O–H groups in total. The first kappa shape index (κ1) is 15.5. The summed E-state index contributed by atoms with van der Waals surface area (Å²) < 4.78 is 13.8. The highest BCUT2D eigenvalue weighted by Gasteiger charge is 2.09.